The van der Waals surface area contributed by atoms with Crippen LogP contribution in [0.3, 0.4) is 0 Å². The molecule has 2 aromatic rings. The van der Waals surface area contributed by atoms with Gasteiger partial charge in [-0.1, -0.05) is 57.7 Å². The van der Waals surface area contributed by atoms with Crippen molar-refractivity contribution in [2.24, 2.45) is 0 Å². The third-order valence-electron chi connectivity index (χ3n) is 6.15. The van der Waals surface area contributed by atoms with Crippen molar-refractivity contribution in [1.29, 1.82) is 0 Å². The fourth-order valence-corrected chi connectivity index (χ4v) is 4.46. The van der Waals surface area contributed by atoms with Crippen molar-refractivity contribution in [3.05, 3.63) is 65.0 Å². The highest BCUT2D eigenvalue weighted by atomic mass is 19.1. The quantitative estimate of drug-likeness (QED) is 0.345. The van der Waals surface area contributed by atoms with E-state index < -0.39 is 0 Å². The second kappa shape index (κ2) is 10.6. The standard InChI is InChI=1S/C26H33FO2/c1-3-7-19(2)22-11-10-21(25(18-22)20-8-5-4-6-9-20)12-17-26(28)29-24-15-13-23(27)14-16-24/h10-11,13-16,18-20H,3-9,12,17H2,1-2H3. The minimum Gasteiger partial charge on any atom is -0.427 e. The minimum atomic E-state index is -0.334. The molecule has 0 bridgehead atoms. The molecule has 0 aromatic heterocycles. The van der Waals surface area contributed by atoms with Gasteiger partial charge in [0.1, 0.15) is 11.6 Å². The Balaban J connectivity index is 1.70. The van der Waals surface area contributed by atoms with Crippen molar-refractivity contribution < 1.29 is 13.9 Å². The van der Waals surface area contributed by atoms with Crippen LogP contribution >= 0.6 is 0 Å². The van der Waals surface area contributed by atoms with Gasteiger partial charge in [-0.05, 0) is 78.5 Å². The zero-order chi connectivity index (χ0) is 20.6. The second-order valence-corrected chi connectivity index (χ2v) is 8.41. The number of rotatable bonds is 8. The van der Waals surface area contributed by atoms with Crippen LogP contribution in [0.2, 0.25) is 0 Å². The predicted octanol–water partition coefficient (Wildman–Crippen LogP) is 7.32. The molecule has 0 radical (unpaired) electrons. The lowest BCUT2D eigenvalue weighted by molar-refractivity contribution is -0.134. The summed E-state index contributed by atoms with van der Waals surface area (Å²) in [6, 6.07) is 12.5. The third-order valence-corrected chi connectivity index (χ3v) is 6.15. The number of hydrogen-bond donors (Lipinski definition) is 0. The number of benzene rings is 2. The maximum atomic E-state index is 13.0. The Morgan fingerprint density at radius 2 is 1.83 bits per heavy atom. The number of carbonyl (C=O) groups excluding carboxylic acids is 1. The van der Waals surface area contributed by atoms with Crippen LogP contribution in [0.1, 0.15) is 93.7 Å². The van der Waals surface area contributed by atoms with Gasteiger partial charge in [-0.2, -0.15) is 0 Å². The summed E-state index contributed by atoms with van der Waals surface area (Å²) < 4.78 is 18.4. The van der Waals surface area contributed by atoms with E-state index in [1.165, 1.54) is 85.9 Å². The summed E-state index contributed by atoms with van der Waals surface area (Å²) in [5.41, 5.74) is 4.14. The summed E-state index contributed by atoms with van der Waals surface area (Å²) in [6.07, 6.45) is 9.84. The van der Waals surface area contributed by atoms with Gasteiger partial charge < -0.3 is 4.74 Å². The van der Waals surface area contributed by atoms with E-state index in [2.05, 4.69) is 32.0 Å². The summed E-state index contributed by atoms with van der Waals surface area (Å²) in [7, 11) is 0. The van der Waals surface area contributed by atoms with Crippen molar-refractivity contribution in [3.63, 3.8) is 0 Å². The molecule has 1 saturated carbocycles. The first-order valence-corrected chi connectivity index (χ1v) is 11.2. The molecule has 1 fully saturated rings. The Kier molecular flexibility index (Phi) is 7.85. The molecule has 156 valence electrons. The zero-order valence-electron chi connectivity index (χ0n) is 17.8. The number of ether oxygens (including phenoxy) is 1. The molecule has 29 heavy (non-hydrogen) atoms. The molecule has 3 rings (SSSR count). The lowest BCUT2D eigenvalue weighted by Crippen LogP contribution is -2.12. The van der Waals surface area contributed by atoms with Crippen molar-refractivity contribution in [3.8, 4) is 5.75 Å². The lowest BCUT2D eigenvalue weighted by Gasteiger charge is -2.26. The van der Waals surface area contributed by atoms with Gasteiger partial charge in [0.2, 0.25) is 0 Å². The van der Waals surface area contributed by atoms with Gasteiger partial charge in [0, 0.05) is 6.42 Å². The molecule has 0 saturated heterocycles. The van der Waals surface area contributed by atoms with E-state index in [0.29, 0.717) is 30.4 Å². The van der Waals surface area contributed by atoms with E-state index in [1.54, 1.807) is 0 Å². The number of carbonyl (C=O) groups is 1. The van der Waals surface area contributed by atoms with Crippen LogP contribution < -0.4 is 4.74 Å². The van der Waals surface area contributed by atoms with E-state index in [-0.39, 0.29) is 11.8 Å². The van der Waals surface area contributed by atoms with Gasteiger partial charge >= 0.3 is 5.97 Å². The molecule has 3 heteroatoms. The van der Waals surface area contributed by atoms with Gasteiger partial charge in [-0.3, -0.25) is 4.79 Å². The average molecular weight is 397 g/mol. The Labute approximate surface area is 174 Å². The van der Waals surface area contributed by atoms with Crippen LogP contribution in [-0.2, 0) is 11.2 Å². The van der Waals surface area contributed by atoms with Crippen LogP contribution in [0.4, 0.5) is 4.39 Å². The Morgan fingerprint density at radius 3 is 2.52 bits per heavy atom. The molecule has 1 aliphatic carbocycles. The van der Waals surface area contributed by atoms with Crippen LogP contribution in [0.15, 0.2) is 42.5 Å². The Hall–Kier alpha value is -2.16. The van der Waals surface area contributed by atoms with Gasteiger partial charge in [0.25, 0.3) is 0 Å². The molecule has 2 aromatic carbocycles. The average Bonchev–Trinajstić information content (AvgIpc) is 2.74. The number of esters is 1. The summed E-state index contributed by atoms with van der Waals surface area (Å²) in [5.74, 6) is 0.974. The van der Waals surface area contributed by atoms with Crippen LogP contribution in [0, 0.1) is 5.82 Å². The largest absolute Gasteiger partial charge is 0.427 e. The number of aryl methyl sites for hydroxylation is 1. The van der Waals surface area contributed by atoms with Crippen LogP contribution in [0.25, 0.3) is 0 Å². The predicted molar refractivity (Wildman–Crippen MR) is 116 cm³/mol. The highest BCUT2D eigenvalue weighted by Gasteiger charge is 2.20. The number of halogens is 1. The van der Waals surface area contributed by atoms with E-state index in [1.807, 2.05) is 0 Å². The second-order valence-electron chi connectivity index (χ2n) is 8.41. The highest BCUT2D eigenvalue weighted by Crippen LogP contribution is 2.36. The van der Waals surface area contributed by atoms with E-state index >= 15 is 0 Å². The molecule has 0 N–H and O–H groups in total. The normalized spacial score (nSPS) is 15.8. The summed E-state index contributed by atoms with van der Waals surface area (Å²) in [6.45, 7) is 4.54. The Bertz CT molecular complexity index is 791. The smallest absolute Gasteiger partial charge is 0.311 e. The molecule has 0 aliphatic heterocycles. The monoisotopic (exact) mass is 396 g/mol. The SMILES string of the molecule is CCCC(C)c1ccc(CCC(=O)Oc2ccc(F)cc2)c(C2CCCCC2)c1. The van der Waals surface area contributed by atoms with Crippen molar-refractivity contribution in [2.75, 3.05) is 0 Å². The minimum absolute atomic E-state index is 0.269. The molecule has 0 spiro atoms. The molecule has 1 unspecified atom stereocenters. The summed E-state index contributed by atoms with van der Waals surface area (Å²) in [5, 5.41) is 0. The van der Waals surface area contributed by atoms with E-state index in [0.717, 1.165) is 0 Å². The number of hydrogen-bond acceptors (Lipinski definition) is 2. The van der Waals surface area contributed by atoms with Gasteiger partial charge in [0.15, 0.2) is 0 Å². The van der Waals surface area contributed by atoms with Crippen molar-refractivity contribution >= 4 is 5.97 Å². The summed E-state index contributed by atoms with van der Waals surface area (Å²) >= 11 is 0. The maximum Gasteiger partial charge on any atom is 0.311 e. The van der Waals surface area contributed by atoms with E-state index in [9.17, 15) is 9.18 Å². The molecular weight excluding hydrogens is 363 g/mol. The van der Waals surface area contributed by atoms with Crippen LogP contribution in [-0.4, -0.2) is 5.97 Å². The van der Waals surface area contributed by atoms with Crippen LogP contribution in [0.5, 0.6) is 5.75 Å². The first-order valence-electron chi connectivity index (χ1n) is 11.2. The molecular formula is C26H33FO2. The molecule has 0 heterocycles. The van der Waals surface area contributed by atoms with Crippen molar-refractivity contribution in [2.45, 2.75) is 83.5 Å². The highest BCUT2D eigenvalue weighted by molar-refractivity contribution is 5.72. The maximum absolute atomic E-state index is 13.0. The first-order chi connectivity index (χ1) is 14.1. The van der Waals surface area contributed by atoms with Gasteiger partial charge in [-0.15, -0.1) is 0 Å². The third kappa shape index (κ3) is 6.16. The zero-order valence-corrected chi connectivity index (χ0v) is 17.8. The Morgan fingerprint density at radius 1 is 1.10 bits per heavy atom. The van der Waals surface area contributed by atoms with Crippen molar-refractivity contribution in [1.82, 2.24) is 0 Å². The molecule has 2 nitrogen and oxygen atoms in total. The molecule has 0 amide bonds. The molecule has 1 atom stereocenters. The summed E-state index contributed by atoms with van der Waals surface area (Å²) in [4.78, 5) is 12.3. The first kappa shape index (κ1) is 21.5. The van der Waals surface area contributed by atoms with Gasteiger partial charge in [-0.25, -0.2) is 4.39 Å². The molecule has 1 aliphatic rings. The fourth-order valence-electron chi connectivity index (χ4n) is 4.46. The fraction of sp³-hybridized carbons (Fsp3) is 0.500. The van der Waals surface area contributed by atoms with Gasteiger partial charge in [0.05, 0.1) is 0 Å². The topological polar surface area (TPSA) is 26.3 Å². The van der Waals surface area contributed by atoms with E-state index in [4.69, 9.17) is 4.74 Å². The lowest BCUT2D eigenvalue weighted by atomic mass is 9.79.